The number of thioether (sulfide) groups is 1. The van der Waals surface area contributed by atoms with Crippen molar-refractivity contribution in [3.05, 3.63) is 58.1 Å². The number of nitrogens with one attached hydrogen (secondary N) is 1. The Balaban J connectivity index is 1.83. The summed E-state index contributed by atoms with van der Waals surface area (Å²) in [6, 6.07) is 12.5. The number of carbonyl (C=O) groups excluding carboxylic acids is 2. The van der Waals surface area contributed by atoms with Crippen molar-refractivity contribution in [3.8, 4) is 0 Å². The predicted molar refractivity (Wildman–Crippen MR) is 117 cm³/mol. The van der Waals surface area contributed by atoms with Crippen LogP contribution in [0.4, 0.5) is 11.4 Å². The van der Waals surface area contributed by atoms with E-state index in [4.69, 9.17) is 23.2 Å². The Morgan fingerprint density at radius 2 is 2.04 bits per heavy atom. The van der Waals surface area contributed by atoms with Crippen molar-refractivity contribution in [2.24, 2.45) is 4.99 Å². The van der Waals surface area contributed by atoms with Gasteiger partial charge in [0.25, 0.3) is 0 Å². The molecule has 5 nitrogen and oxygen atoms in total. The lowest BCUT2D eigenvalue weighted by molar-refractivity contribution is -0.129. The minimum absolute atomic E-state index is 0.122. The Hall–Kier alpha value is -2.02. The Morgan fingerprint density at radius 3 is 2.71 bits per heavy atom. The van der Waals surface area contributed by atoms with Crippen molar-refractivity contribution in [2.75, 3.05) is 11.9 Å². The number of amidine groups is 1. The number of halogens is 2. The van der Waals surface area contributed by atoms with Crippen molar-refractivity contribution >= 4 is 63.3 Å². The number of anilines is 1. The quantitative estimate of drug-likeness (QED) is 0.709. The smallest absolute Gasteiger partial charge is 0.238 e. The summed E-state index contributed by atoms with van der Waals surface area (Å²) in [4.78, 5) is 31.4. The van der Waals surface area contributed by atoms with Crippen LogP contribution < -0.4 is 5.32 Å². The van der Waals surface area contributed by atoms with Crippen LogP contribution in [0.1, 0.15) is 18.9 Å². The monoisotopic (exact) mass is 435 g/mol. The van der Waals surface area contributed by atoms with Crippen LogP contribution in [0.5, 0.6) is 0 Å². The third-order valence-electron chi connectivity index (χ3n) is 4.16. The molecule has 8 heteroatoms. The molecule has 2 amide bonds. The number of benzene rings is 2. The number of nitrogens with zero attached hydrogens (tertiary/aromatic N) is 2. The van der Waals surface area contributed by atoms with E-state index in [-0.39, 0.29) is 18.2 Å². The average molecular weight is 436 g/mol. The highest BCUT2D eigenvalue weighted by Gasteiger charge is 2.35. The molecule has 1 heterocycles. The minimum Gasteiger partial charge on any atom is -0.325 e. The van der Waals surface area contributed by atoms with Crippen molar-refractivity contribution in [3.63, 3.8) is 0 Å². The summed E-state index contributed by atoms with van der Waals surface area (Å²) in [5, 5.41) is 3.61. The second-order valence-electron chi connectivity index (χ2n) is 6.30. The van der Waals surface area contributed by atoms with Gasteiger partial charge in [-0.1, -0.05) is 47.1 Å². The van der Waals surface area contributed by atoms with Crippen molar-refractivity contribution < 1.29 is 9.59 Å². The Kier molecular flexibility index (Phi) is 6.65. The number of aryl methyl sites for hydroxylation is 1. The number of hydrogen-bond donors (Lipinski definition) is 1. The largest absolute Gasteiger partial charge is 0.325 e. The summed E-state index contributed by atoms with van der Waals surface area (Å²) in [5.74, 6) is -0.356. The van der Waals surface area contributed by atoms with Gasteiger partial charge in [0.1, 0.15) is 5.25 Å². The maximum absolute atomic E-state index is 12.7. The molecule has 1 aliphatic heterocycles. The van der Waals surface area contributed by atoms with Gasteiger partial charge in [0.05, 0.1) is 15.7 Å². The summed E-state index contributed by atoms with van der Waals surface area (Å²) in [6.45, 7) is 4.30. The van der Waals surface area contributed by atoms with Crippen molar-refractivity contribution in [1.82, 2.24) is 4.90 Å². The van der Waals surface area contributed by atoms with E-state index in [0.29, 0.717) is 33.1 Å². The number of rotatable bonds is 4. The molecule has 0 aliphatic carbocycles. The number of hydrogen-bond acceptors (Lipinski definition) is 4. The van der Waals surface area contributed by atoms with Gasteiger partial charge in [-0.2, -0.15) is 0 Å². The van der Waals surface area contributed by atoms with E-state index in [1.54, 1.807) is 23.1 Å². The molecule has 1 aliphatic rings. The summed E-state index contributed by atoms with van der Waals surface area (Å²) in [7, 11) is 0. The third kappa shape index (κ3) is 4.87. The van der Waals surface area contributed by atoms with Crippen molar-refractivity contribution in [1.29, 1.82) is 0 Å². The van der Waals surface area contributed by atoms with E-state index in [0.717, 1.165) is 5.56 Å². The lowest BCUT2D eigenvalue weighted by Crippen LogP contribution is -2.45. The van der Waals surface area contributed by atoms with E-state index < -0.39 is 5.25 Å². The van der Waals surface area contributed by atoms with Gasteiger partial charge in [0.15, 0.2) is 5.17 Å². The number of aliphatic imine (C=N–C) groups is 1. The summed E-state index contributed by atoms with van der Waals surface area (Å²) >= 11 is 13.3. The van der Waals surface area contributed by atoms with Crippen LogP contribution in [0, 0.1) is 6.92 Å². The SMILES string of the molecule is CCN1C(=O)CC(C(=O)Nc2cccc(C)c2)SC1=Nc1ccc(Cl)c(Cl)c1. The molecule has 1 fully saturated rings. The van der Waals surface area contributed by atoms with E-state index in [9.17, 15) is 9.59 Å². The highest BCUT2D eigenvalue weighted by molar-refractivity contribution is 8.15. The highest BCUT2D eigenvalue weighted by atomic mass is 35.5. The fourth-order valence-corrected chi connectivity index (χ4v) is 4.22. The van der Waals surface area contributed by atoms with Crippen LogP contribution in [-0.2, 0) is 9.59 Å². The molecule has 0 spiro atoms. The number of amides is 2. The maximum Gasteiger partial charge on any atom is 0.238 e. The summed E-state index contributed by atoms with van der Waals surface area (Å²) in [6.07, 6.45) is 0.122. The highest BCUT2D eigenvalue weighted by Crippen LogP contribution is 2.32. The molecule has 2 aromatic carbocycles. The molecule has 0 saturated carbocycles. The van der Waals surface area contributed by atoms with Gasteiger partial charge < -0.3 is 5.32 Å². The Labute approximate surface area is 178 Å². The van der Waals surface area contributed by atoms with Gasteiger partial charge in [-0.05, 0) is 49.7 Å². The fourth-order valence-electron chi connectivity index (χ4n) is 2.76. The van der Waals surface area contributed by atoms with Gasteiger partial charge >= 0.3 is 0 Å². The zero-order valence-electron chi connectivity index (χ0n) is 15.4. The first-order valence-corrected chi connectivity index (χ1v) is 10.4. The molecular formula is C20H19Cl2N3O2S. The molecule has 28 heavy (non-hydrogen) atoms. The lowest BCUT2D eigenvalue weighted by atomic mass is 10.2. The van der Waals surface area contributed by atoms with Crippen molar-refractivity contribution in [2.45, 2.75) is 25.5 Å². The molecule has 1 N–H and O–H groups in total. The molecule has 146 valence electrons. The van der Waals surface area contributed by atoms with Crippen LogP contribution in [-0.4, -0.2) is 33.7 Å². The van der Waals surface area contributed by atoms with Gasteiger partial charge in [0.2, 0.25) is 11.8 Å². The topological polar surface area (TPSA) is 61.8 Å². The van der Waals surface area contributed by atoms with Gasteiger partial charge in [-0.25, -0.2) is 4.99 Å². The molecule has 0 aromatic heterocycles. The van der Waals surface area contributed by atoms with Crippen LogP contribution in [0.25, 0.3) is 0 Å². The fraction of sp³-hybridized carbons (Fsp3) is 0.250. The Bertz CT molecular complexity index is 949. The van der Waals surface area contributed by atoms with Gasteiger partial charge in [0, 0.05) is 18.7 Å². The van der Waals surface area contributed by atoms with Gasteiger partial charge in [-0.3, -0.25) is 14.5 Å². The van der Waals surface area contributed by atoms with Crippen LogP contribution >= 0.6 is 35.0 Å². The molecule has 3 rings (SSSR count). The van der Waals surface area contributed by atoms with E-state index >= 15 is 0 Å². The molecule has 2 aromatic rings. The maximum atomic E-state index is 12.7. The third-order valence-corrected chi connectivity index (χ3v) is 6.09. The van der Waals surface area contributed by atoms with Gasteiger partial charge in [-0.15, -0.1) is 0 Å². The van der Waals surface area contributed by atoms with E-state index in [1.807, 2.05) is 38.1 Å². The van der Waals surface area contributed by atoms with E-state index in [1.165, 1.54) is 11.8 Å². The average Bonchev–Trinajstić information content (AvgIpc) is 2.64. The minimum atomic E-state index is -0.558. The van der Waals surface area contributed by atoms with Crippen LogP contribution in [0.2, 0.25) is 10.0 Å². The Morgan fingerprint density at radius 1 is 1.25 bits per heavy atom. The standard InChI is InChI=1S/C20H19Cl2N3O2S/c1-3-25-18(26)11-17(19(27)23-13-6-4-5-12(2)9-13)28-20(25)24-14-7-8-15(21)16(22)10-14/h4-10,17H,3,11H2,1-2H3,(H,23,27). The zero-order valence-corrected chi connectivity index (χ0v) is 17.7. The summed E-state index contributed by atoms with van der Waals surface area (Å²) < 4.78 is 0. The molecule has 1 atom stereocenters. The first-order valence-electron chi connectivity index (χ1n) is 8.75. The van der Waals surface area contributed by atoms with E-state index in [2.05, 4.69) is 10.3 Å². The normalized spacial score (nSPS) is 18.4. The molecule has 0 bridgehead atoms. The number of carbonyl (C=O) groups is 2. The van der Waals surface area contributed by atoms with Crippen LogP contribution in [0.15, 0.2) is 47.5 Å². The molecule has 0 radical (unpaired) electrons. The summed E-state index contributed by atoms with van der Waals surface area (Å²) in [5.41, 5.74) is 2.33. The molecule has 1 saturated heterocycles. The second kappa shape index (κ2) is 8.99. The molecule has 1 unspecified atom stereocenters. The molecular weight excluding hydrogens is 417 g/mol. The second-order valence-corrected chi connectivity index (χ2v) is 8.28. The zero-order chi connectivity index (χ0) is 20.3. The first kappa shape index (κ1) is 20.7. The van der Waals surface area contributed by atoms with Crippen LogP contribution in [0.3, 0.4) is 0 Å². The first-order chi connectivity index (χ1) is 13.4. The lowest BCUT2D eigenvalue weighted by Gasteiger charge is -2.31. The predicted octanol–water partition coefficient (Wildman–Crippen LogP) is 5.28.